The van der Waals surface area contributed by atoms with Gasteiger partial charge >= 0.3 is 0 Å². The number of hydrogen-bond acceptors (Lipinski definition) is 6. The van der Waals surface area contributed by atoms with Gasteiger partial charge in [0.1, 0.15) is 11.6 Å². The van der Waals surface area contributed by atoms with Gasteiger partial charge in [-0.3, -0.25) is 9.59 Å². The highest BCUT2D eigenvalue weighted by Gasteiger charge is 2.47. The molecule has 0 aliphatic carbocycles. The van der Waals surface area contributed by atoms with Crippen LogP contribution in [0.5, 0.6) is 0 Å². The van der Waals surface area contributed by atoms with Crippen LogP contribution < -0.4 is 4.90 Å². The summed E-state index contributed by atoms with van der Waals surface area (Å²) in [6.07, 6.45) is 0.0310. The van der Waals surface area contributed by atoms with Crippen molar-refractivity contribution >= 4 is 50.2 Å². The zero-order chi connectivity index (χ0) is 32.0. The SMILES string of the molecule is Cc1cc(C)c(C)c(S(=O)(=O)N(CCc2cccc(Cl)c2)C2CC(=O)N(c3ccc(-c4nc5ccccc5o4)cc3)C2=O)c1C. The number of carbonyl (C=O) groups excluding carboxylic acids is 2. The van der Waals surface area contributed by atoms with E-state index in [0.717, 1.165) is 27.1 Å². The van der Waals surface area contributed by atoms with Gasteiger partial charge in [0, 0.05) is 17.1 Å². The zero-order valence-electron chi connectivity index (χ0n) is 25.4. The molecule has 45 heavy (non-hydrogen) atoms. The van der Waals surface area contributed by atoms with Crippen LogP contribution in [0.15, 0.2) is 88.2 Å². The number of aryl methyl sites for hydroxylation is 2. The fourth-order valence-corrected chi connectivity index (χ4v) is 8.30. The van der Waals surface area contributed by atoms with Crippen LogP contribution in [0.4, 0.5) is 5.69 Å². The van der Waals surface area contributed by atoms with Gasteiger partial charge in [0.15, 0.2) is 5.58 Å². The molecule has 1 aromatic heterocycles. The summed E-state index contributed by atoms with van der Waals surface area (Å²) in [6.45, 7) is 7.27. The van der Waals surface area contributed by atoms with Crippen LogP contribution in [-0.4, -0.2) is 42.1 Å². The van der Waals surface area contributed by atoms with Crippen LogP contribution in [0.2, 0.25) is 5.02 Å². The second-order valence-electron chi connectivity index (χ2n) is 11.4. The number of anilines is 1. The molecular formula is C35H32ClN3O5S. The van der Waals surface area contributed by atoms with E-state index in [1.807, 2.05) is 50.2 Å². The highest BCUT2D eigenvalue weighted by atomic mass is 35.5. The highest BCUT2D eigenvalue weighted by Crippen LogP contribution is 2.35. The number of hydrogen-bond donors (Lipinski definition) is 0. The number of fused-ring (bicyclic) bond motifs is 1. The first-order valence-corrected chi connectivity index (χ1v) is 16.4. The van der Waals surface area contributed by atoms with Crippen molar-refractivity contribution < 1.29 is 22.4 Å². The maximum Gasteiger partial charge on any atom is 0.252 e. The van der Waals surface area contributed by atoms with Crippen LogP contribution in [0.1, 0.15) is 34.2 Å². The standard InChI is InChI=1S/C35H32ClN3O5S/c1-21-18-22(2)24(4)33(23(21)3)45(42,43)38(17-16-25-8-7-9-27(36)19-25)30-20-32(40)39(35(30)41)28-14-12-26(13-15-28)34-37-29-10-5-6-11-31(29)44-34/h5-15,18-19,30H,16-17,20H2,1-4H3. The van der Waals surface area contributed by atoms with E-state index >= 15 is 0 Å². The first kappa shape index (κ1) is 30.7. The van der Waals surface area contributed by atoms with Gasteiger partial charge in [-0.15, -0.1) is 0 Å². The van der Waals surface area contributed by atoms with Crippen molar-refractivity contribution in [1.82, 2.24) is 9.29 Å². The van der Waals surface area contributed by atoms with E-state index < -0.39 is 27.9 Å². The van der Waals surface area contributed by atoms with Gasteiger partial charge in [0.25, 0.3) is 5.91 Å². The smallest absolute Gasteiger partial charge is 0.252 e. The molecule has 1 atom stereocenters. The van der Waals surface area contributed by atoms with Crippen LogP contribution in [0, 0.1) is 27.7 Å². The van der Waals surface area contributed by atoms with Crippen molar-refractivity contribution in [3.8, 4) is 11.5 Å². The molecule has 0 saturated carbocycles. The normalized spacial score (nSPS) is 15.5. The summed E-state index contributed by atoms with van der Waals surface area (Å²) in [5, 5.41) is 0.530. The number of oxazole rings is 1. The predicted molar refractivity (Wildman–Crippen MR) is 175 cm³/mol. The molecule has 4 aromatic carbocycles. The molecule has 2 amide bonds. The lowest BCUT2D eigenvalue weighted by molar-refractivity contribution is -0.122. The highest BCUT2D eigenvalue weighted by molar-refractivity contribution is 7.89. The van der Waals surface area contributed by atoms with E-state index in [0.29, 0.717) is 45.3 Å². The van der Waals surface area contributed by atoms with Gasteiger partial charge in [-0.05, 0) is 110 Å². The Balaban J connectivity index is 1.35. The number of aromatic nitrogens is 1. The molecule has 2 heterocycles. The number of halogens is 1. The van der Waals surface area contributed by atoms with E-state index in [4.69, 9.17) is 16.0 Å². The maximum atomic E-state index is 14.5. The van der Waals surface area contributed by atoms with Crippen molar-refractivity contribution in [1.29, 1.82) is 0 Å². The molecule has 1 unspecified atom stereocenters. The zero-order valence-corrected chi connectivity index (χ0v) is 26.9. The summed E-state index contributed by atoms with van der Waals surface area (Å²) in [7, 11) is -4.21. The van der Waals surface area contributed by atoms with Gasteiger partial charge < -0.3 is 4.42 Å². The molecule has 230 valence electrons. The Hall–Kier alpha value is -4.31. The quantitative estimate of drug-likeness (QED) is 0.170. The molecule has 1 fully saturated rings. The fraction of sp³-hybridized carbons (Fsp3) is 0.229. The number of sulfonamides is 1. The van der Waals surface area contributed by atoms with Crippen molar-refractivity contribution in [2.75, 3.05) is 11.4 Å². The number of nitrogens with zero attached hydrogens (tertiary/aromatic N) is 3. The first-order valence-electron chi connectivity index (χ1n) is 14.6. The van der Waals surface area contributed by atoms with Gasteiger partial charge in [-0.2, -0.15) is 4.31 Å². The number of amides is 2. The lowest BCUT2D eigenvalue weighted by Crippen LogP contribution is -2.46. The summed E-state index contributed by atoms with van der Waals surface area (Å²) in [6, 6.07) is 22.1. The molecule has 0 N–H and O–H groups in total. The minimum absolute atomic E-state index is 0.0112. The second-order valence-corrected chi connectivity index (χ2v) is 13.7. The number of benzene rings is 4. The molecule has 5 aromatic rings. The molecular weight excluding hydrogens is 610 g/mol. The molecule has 0 radical (unpaired) electrons. The van der Waals surface area contributed by atoms with Gasteiger partial charge in [-0.25, -0.2) is 18.3 Å². The summed E-state index contributed by atoms with van der Waals surface area (Å²) < 4.78 is 36.1. The first-order chi connectivity index (χ1) is 21.5. The van der Waals surface area contributed by atoms with Crippen molar-refractivity contribution in [3.05, 3.63) is 112 Å². The Labute approximate surface area is 267 Å². The van der Waals surface area contributed by atoms with E-state index in [-0.39, 0.29) is 17.9 Å². The third-order valence-corrected chi connectivity index (χ3v) is 10.9. The number of para-hydroxylation sites is 2. The Morgan fingerprint density at radius 2 is 1.60 bits per heavy atom. The molecule has 1 aliphatic heterocycles. The molecule has 1 aliphatic rings. The summed E-state index contributed by atoms with van der Waals surface area (Å²) in [5.41, 5.74) is 6.12. The van der Waals surface area contributed by atoms with Crippen LogP contribution >= 0.6 is 11.6 Å². The Morgan fingerprint density at radius 3 is 2.27 bits per heavy atom. The molecule has 10 heteroatoms. The number of carbonyl (C=O) groups is 2. The molecule has 1 saturated heterocycles. The Morgan fingerprint density at radius 1 is 0.911 bits per heavy atom. The van der Waals surface area contributed by atoms with Gasteiger partial charge in [0.05, 0.1) is 17.0 Å². The molecule has 0 bridgehead atoms. The van der Waals surface area contributed by atoms with Gasteiger partial charge in [0.2, 0.25) is 21.8 Å². The van der Waals surface area contributed by atoms with E-state index in [9.17, 15) is 18.0 Å². The largest absolute Gasteiger partial charge is 0.436 e. The minimum atomic E-state index is -4.21. The maximum absolute atomic E-state index is 14.5. The lowest BCUT2D eigenvalue weighted by atomic mass is 10.0. The van der Waals surface area contributed by atoms with Crippen LogP contribution in [0.25, 0.3) is 22.6 Å². The van der Waals surface area contributed by atoms with E-state index in [1.54, 1.807) is 56.3 Å². The van der Waals surface area contributed by atoms with Gasteiger partial charge in [-0.1, -0.05) is 41.9 Å². The Bertz CT molecular complexity index is 2010. The van der Waals surface area contributed by atoms with Crippen molar-refractivity contribution in [2.24, 2.45) is 0 Å². The fourth-order valence-electron chi connectivity index (χ4n) is 5.92. The minimum Gasteiger partial charge on any atom is -0.436 e. The summed E-state index contributed by atoms with van der Waals surface area (Å²) >= 11 is 6.20. The summed E-state index contributed by atoms with van der Waals surface area (Å²) in [5.74, 6) is -0.655. The van der Waals surface area contributed by atoms with E-state index in [2.05, 4.69) is 4.98 Å². The molecule has 0 spiro atoms. The number of imide groups is 1. The lowest BCUT2D eigenvalue weighted by Gasteiger charge is -2.29. The average Bonchev–Trinajstić information content (AvgIpc) is 3.56. The van der Waals surface area contributed by atoms with Crippen LogP contribution in [-0.2, 0) is 26.0 Å². The van der Waals surface area contributed by atoms with E-state index in [1.165, 1.54) is 4.31 Å². The number of rotatable bonds is 8. The molecule has 8 nitrogen and oxygen atoms in total. The Kier molecular flexibility index (Phi) is 8.11. The third-order valence-electron chi connectivity index (χ3n) is 8.51. The van der Waals surface area contributed by atoms with Crippen molar-refractivity contribution in [2.45, 2.75) is 51.5 Å². The van der Waals surface area contributed by atoms with Crippen molar-refractivity contribution in [3.63, 3.8) is 0 Å². The summed E-state index contributed by atoms with van der Waals surface area (Å²) in [4.78, 5) is 33.2. The topological polar surface area (TPSA) is 101 Å². The molecule has 6 rings (SSSR count). The third kappa shape index (κ3) is 5.67. The van der Waals surface area contributed by atoms with Crippen LogP contribution in [0.3, 0.4) is 0 Å². The monoisotopic (exact) mass is 641 g/mol. The average molecular weight is 642 g/mol. The second kappa shape index (κ2) is 11.9. The predicted octanol–water partition coefficient (Wildman–Crippen LogP) is 6.95.